The molecule has 1 aromatic heterocycles. The highest BCUT2D eigenvalue weighted by atomic mass is 16.5. The Hall–Kier alpha value is -2.70. The van der Waals surface area contributed by atoms with Gasteiger partial charge in [0, 0.05) is 29.5 Å². The SMILES string of the molecule is COc1ccc(OC)c2c1C1C3C4C3C3C15C=CC(n1[nH]c(=O)n(C)c1=O)CC35C24. The summed E-state index contributed by atoms with van der Waals surface area (Å²) in [5.41, 5.74) is 2.51. The summed E-state index contributed by atoms with van der Waals surface area (Å²) < 4.78 is 14.4. The lowest BCUT2D eigenvalue weighted by Crippen LogP contribution is -2.43. The van der Waals surface area contributed by atoms with Gasteiger partial charge in [0.05, 0.1) is 20.3 Å². The first-order chi connectivity index (χ1) is 14.5. The monoisotopic (exact) mass is 405 g/mol. The van der Waals surface area contributed by atoms with Crippen molar-refractivity contribution in [1.29, 1.82) is 0 Å². The number of nitrogens with one attached hydrogen (secondary N) is 1. The van der Waals surface area contributed by atoms with Crippen molar-refractivity contribution in [2.45, 2.75) is 24.3 Å². The number of aromatic nitrogens is 3. The van der Waals surface area contributed by atoms with E-state index in [1.54, 1.807) is 14.2 Å². The summed E-state index contributed by atoms with van der Waals surface area (Å²) in [5.74, 6) is 5.93. The lowest BCUT2D eigenvalue weighted by molar-refractivity contribution is 0.131. The van der Waals surface area contributed by atoms with E-state index in [1.807, 2.05) is 0 Å². The zero-order chi connectivity index (χ0) is 20.3. The number of hydrogen-bond donors (Lipinski definition) is 1. The van der Waals surface area contributed by atoms with Gasteiger partial charge in [-0.3, -0.25) is 0 Å². The van der Waals surface area contributed by atoms with Crippen LogP contribution in [0.3, 0.4) is 0 Å². The summed E-state index contributed by atoms with van der Waals surface area (Å²) in [6, 6.07) is 4.02. The van der Waals surface area contributed by atoms with Gasteiger partial charge in [0.15, 0.2) is 0 Å². The fourth-order valence-corrected chi connectivity index (χ4v) is 9.46. The number of benzene rings is 1. The lowest BCUT2D eigenvalue weighted by atomic mass is 9.53. The third-order valence-corrected chi connectivity index (χ3v) is 9.96. The number of allylic oxidation sites excluding steroid dienone is 2. The van der Waals surface area contributed by atoms with Crippen LogP contribution in [0.15, 0.2) is 33.9 Å². The van der Waals surface area contributed by atoms with Gasteiger partial charge in [0.2, 0.25) is 0 Å². The van der Waals surface area contributed by atoms with E-state index in [0.717, 1.165) is 40.2 Å². The van der Waals surface area contributed by atoms with Crippen molar-refractivity contribution in [2.24, 2.45) is 41.5 Å². The third kappa shape index (κ3) is 1.23. The van der Waals surface area contributed by atoms with Crippen LogP contribution in [0.2, 0.25) is 0 Å². The summed E-state index contributed by atoms with van der Waals surface area (Å²) in [4.78, 5) is 24.7. The van der Waals surface area contributed by atoms with Crippen LogP contribution < -0.4 is 20.9 Å². The van der Waals surface area contributed by atoms with Gasteiger partial charge in [0.25, 0.3) is 0 Å². The number of aromatic amines is 1. The van der Waals surface area contributed by atoms with Gasteiger partial charge in [-0.05, 0) is 53.6 Å². The molecule has 2 spiro atoms. The van der Waals surface area contributed by atoms with Crippen LogP contribution in [0.25, 0.3) is 0 Å². The molecule has 9 rings (SSSR count). The molecule has 0 amide bonds. The molecule has 2 aromatic rings. The van der Waals surface area contributed by atoms with Gasteiger partial charge in [0.1, 0.15) is 11.5 Å². The smallest absolute Gasteiger partial charge is 0.347 e. The minimum absolute atomic E-state index is 0.0973. The van der Waals surface area contributed by atoms with Gasteiger partial charge in [-0.15, -0.1) is 0 Å². The zero-order valence-electron chi connectivity index (χ0n) is 17.1. The molecule has 7 aliphatic rings. The molecule has 7 heteroatoms. The van der Waals surface area contributed by atoms with Gasteiger partial charge < -0.3 is 9.47 Å². The molecule has 9 atom stereocenters. The predicted molar refractivity (Wildman–Crippen MR) is 107 cm³/mol. The molecule has 7 nitrogen and oxygen atoms in total. The van der Waals surface area contributed by atoms with Crippen LogP contribution in [0.1, 0.15) is 35.4 Å². The van der Waals surface area contributed by atoms with Crippen LogP contribution in [0.5, 0.6) is 11.5 Å². The van der Waals surface area contributed by atoms with Crippen LogP contribution in [-0.4, -0.2) is 28.6 Å². The second kappa shape index (κ2) is 4.34. The predicted octanol–water partition coefficient (Wildman–Crippen LogP) is 1.77. The second-order valence-electron chi connectivity index (χ2n) is 10.2. The van der Waals surface area contributed by atoms with Crippen LogP contribution in [-0.2, 0) is 7.05 Å². The molecule has 9 unspecified atom stereocenters. The molecule has 0 radical (unpaired) electrons. The number of methoxy groups -OCH3 is 2. The minimum atomic E-state index is -0.352. The first kappa shape index (κ1) is 16.1. The fraction of sp³-hybridized carbons (Fsp3) is 0.565. The molecule has 2 bridgehead atoms. The van der Waals surface area contributed by atoms with Crippen LogP contribution in [0.4, 0.5) is 0 Å². The highest BCUT2D eigenvalue weighted by molar-refractivity contribution is 5.70. The highest BCUT2D eigenvalue weighted by Gasteiger charge is 3.01. The van der Waals surface area contributed by atoms with Crippen molar-refractivity contribution in [3.8, 4) is 11.5 Å². The van der Waals surface area contributed by atoms with Gasteiger partial charge >= 0.3 is 11.4 Å². The van der Waals surface area contributed by atoms with E-state index < -0.39 is 0 Å². The molecule has 0 aliphatic heterocycles. The Morgan fingerprint density at radius 2 is 1.70 bits per heavy atom. The molecule has 0 saturated heterocycles. The maximum atomic E-state index is 12.6. The Labute approximate surface area is 172 Å². The Morgan fingerprint density at radius 3 is 2.33 bits per heavy atom. The van der Waals surface area contributed by atoms with Crippen molar-refractivity contribution in [3.63, 3.8) is 0 Å². The Morgan fingerprint density at radius 1 is 1.03 bits per heavy atom. The molecule has 1 heterocycles. The van der Waals surface area contributed by atoms with E-state index in [4.69, 9.17) is 9.47 Å². The summed E-state index contributed by atoms with van der Waals surface area (Å²) in [6.07, 6.45) is 5.52. The number of hydrogen-bond acceptors (Lipinski definition) is 4. The Kier molecular flexibility index (Phi) is 2.32. The molecule has 7 aliphatic carbocycles. The average molecular weight is 405 g/mol. The van der Waals surface area contributed by atoms with E-state index in [-0.39, 0.29) is 28.3 Å². The first-order valence-electron chi connectivity index (χ1n) is 10.8. The first-order valence-corrected chi connectivity index (χ1v) is 10.8. The lowest BCUT2D eigenvalue weighted by Gasteiger charge is -2.50. The molecular weight excluding hydrogens is 382 g/mol. The number of rotatable bonds is 3. The molecule has 154 valence electrons. The quantitative estimate of drug-likeness (QED) is 0.790. The van der Waals surface area contributed by atoms with Crippen LogP contribution in [0, 0.1) is 34.5 Å². The van der Waals surface area contributed by atoms with Crippen molar-refractivity contribution in [3.05, 3.63) is 56.4 Å². The minimum Gasteiger partial charge on any atom is -0.496 e. The molecule has 1 N–H and O–H groups in total. The van der Waals surface area contributed by atoms with Gasteiger partial charge in [-0.2, -0.15) is 0 Å². The van der Waals surface area contributed by atoms with Crippen molar-refractivity contribution in [2.75, 3.05) is 14.2 Å². The average Bonchev–Trinajstić information content (AvgIpc) is 3.53. The number of H-pyrrole nitrogens is 1. The highest BCUT2D eigenvalue weighted by Crippen LogP contribution is 3.06. The van der Waals surface area contributed by atoms with Crippen molar-refractivity contribution < 1.29 is 9.47 Å². The molecule has 1 aromatic carbocycles. The normalized spacial score (nSPS) is 46.4. The summed E-state index contributed by atoms with van der Waals surface area (Å²) in [5, 5.41) is 2.77. The van der Waals surface area contributed by atoms with E-state index in [9.17, 15) is 9.59 Å². The van der Waals surface area contributed by atoms with E-state index >= 15 is 0 Å². The Bertz CT molecular complexity index is 1330. The molecule has 4 saturated carbocycles. The van der Waals surface area contributed by atoms with Crippen molar-refractivity contribution >= 4 is 0 Å². The molecule has 4 fully saturated rings. The van der Waals surface area contributed by atoms with Crippen LogP contribution >= 0.6 is 0 Å². The molecule has 30 heavy (non-hydrogen) atoms. The largest absolute Gasteiger partial charge is 0.496 e. The summed E-state index contributed by atoms with van der Waals surface area (Å²) in [6.45, 7) is 0. The number of ether oxygens (including phenoxy) is 2. The maximum Gasteiger partial charge on any atom is 0.347 e. The van der Waals surface area contributed by atoms with E-state index in [0.29, 0.717) is 17.8 Å². The second-order valence-corrected chi connectivity index (χ2v) is 10.2. The maximum absolute atomic E-state index is 12.6. The van der Waals surface area contributed by atoms with Crippen molar-refractivity contribution in [1.82, 2.24) is 14.3 Å². The van der Waals surface area contributed by atoms with Gasteiger partial charge in [-0.1, -0.05) is 12.2 Å². The Balaban J connectivity index is 1.35. The van der Waals surface area contributed by atoms with E-state index in [2.05, 4.69) is 29.4 Å². The third-order valence-electron chi connectivity index (χ3n) is 9.96. The molecular formula is C23H23N3O4. The van der Waals surface area contributed by atoms with Gasteiger partial charge in [-0.25, -0.2) is 23.9 Å². The summed E-state index contributed by atoms with van der Waals surface area (Å²) >= 11 is 0. The fourth-order valence-electron chi connectivity index (χ4n) is 9.46. The standard InChI is InChI=1S/C23H23N3O4/c1-25-20(27)24-26(21(25)28)9-6-7-22-17-12-10(29-2)4-5-11(30-3)13(12)18-15-14(17)16(15)19(22)23(18,22)8-9/h4-7,9,14-19H,8H2,1-3H3,(H,24,27). The summed E-state index contributed by atoms with van der Waals surface area (Å²) in [7, 11) is 5.06. The zero-order valence-corrected chi connectivity index (χ0v) is 17.1. The topological polar surface area (TPSA) is 78.2 Å². The number of nitrogens with zero attached hydrogens (tertiary/aromatic N) is 2. The van der Waals surface area contributed by atoms with E-state index in [1.165, 1.54) is 22.9 Å².